The number of hydrogen-bond acceptors (Lipinski definition) is 2. The summed E-state index contributed by atoms with van der Waals surface area (Å²) in [5, 5.41) is 0. The van der Waals surface area contributed by atoms with E-state index in [1.54, 1.807) is 0 Å². The monoisotopic (exact) mass is 212 g/mol. The molecule has 0 radical (unpaired) electrons. The van der Waals surface area contributed by atoms with Gasteiger partial charge in [0, 0.05) is 19.0 Å². The highest BCUT2D eigenvalue weighted by molar-refractivity contribution is 5.76. The minimum absolute atomic E-state index is 0.0792. The Hall–Kier alpha value is -0.570. The molecule has 0 aliphatic carbocycles. The lowest BCUT2D eigenvalue weighted by atomic mass is 9.84. The normalized spacial score (nSPS) is 29.3. The number of nitrogens with zero attached hydrogens (tertiary/aromatic N) is 1. The molecule has 15 heavy (non-hydrogen) atoms. The van der Waals surface area contributed by atoms with Crippen molar-refractivity contribution in [2.24, 2.45) is 23.5 Å². The molecule has 0 aromatic heterocycles. The van der Waals surface area contributed by atoms with Gasteiger partial charge in [0.15, 0.2) is 0 Å². The molecular weight excluding hydrogens is 188 g/mol. The fourth-order valence-corrected chi connectivity index (χ4v) is 2.75. The van der Waals surface area contributed by atoms with Crippen LogP contribution in [0.3, 0.4) is 0 Å². The van der Waals surface area contributed by atoms with Crippen LogP contribution in [0.4, 0.5) is 0 Å². The number of carbonyl (C=O) groups excluding carboxylic acids is 1. The fraction of sp³-hybridized carbons (Fsp3) is 0.917. The molecule has 1 amide bonds. The summed E-state index contributed by atoms with van der Waals surface area (Å²) < 4.78 is 0. The molecule has 1 rings (SSSR count). The van der Waals surface area contributed by atoms with Gasteiger partial charge in [-0.05, 0) is 31.7 Å². The molecule has 1 aliphatic heterocycles. The highest BCUT2D eigenvalue weighted by atomic mass is 16.1. The summed E-state index contributed by atoms with van der Waals surface area (Å²) in [6.45, 7) is 6.59. The van der Waals surface area contributed by atoms with Crippen LogP contribution in [0.2, 0.25) is 0 Å². The van der Waals surface area contributed by atoms with E-state index in [2.05, 4.69) is 25.8 Å². The van der Waals surface area contributed by atoms with Gasteiger partial charge in [0.2, 0.25) is 5.91 Å². The maximum absolute atomic E-state index is 11.2. The summed E-state index contributed by atoms with van der Waals surface area (Å²) in [6.07, 6.45) is 3.07. The van der Waals surface area contributed by atoms with Crippen molar-refractivity contribution in [3.8, 4) is 0 Å². The molecule has 1 heterocycles. The first kappa shape index (κ1) is 12.5. The lowest BCUT2D eigenvalue weighted by Crippen LogP contribution is -2.27. The number of amides is 1. The van der Waals surface area contributed by atoms with E-state index in [0.717, 1.165) is 25.3 Å². The zero-order valence-electron chi connectivity index (χ0n) is 10.2. The smallest absolute Gasteiger partial charge is 0.220 e. The van der Waals surface area contributed by atoms with E-state index in [-0.39, 0.29) is 11.8 Å². The van der Waals surface area contributed by atoms with Gasteiger partial charge in [0.05, 0.1) is 0 Å². The lowest BCUT2D eigenvalue weighted by molar-refractivity contribution is -0.122. The van der Waals surface area contributed by atoms with E-state index in [9.17, 15) is 4.79 Å². The van der Waals surface area contributed by atoms with Crippen molar-refractivity contribution in [2.75, 3.05) is 20.1 Å². The molecule has 88 valence electrons. The van der Waals surface area contributed by atoms with Gasteiger partial charge in [-0.1, -0.05) is 20.3 Å². The summed E-state index contributed by atoms with van der Waals surface area (Å²) >= 11 is 0. The second kappa shape index (κ2) is 5.50. The van der Waals surface area contributed by atoms with Gasteiger partial charge in [0.25, 0.3) is 0 Å². The third-order valence-corrected chi connectivity index (χ3v) is 3.77. The molecule has 3 heteroatoms. The topological polar surface area (TPSA) is 46.3 Å². The minimum atomic E-state index is -0.123. The molecule has 3 nitrogen and oxygen atoms in total. The van der Waals surface area contributed by atoms with Crippen LogP contribution < -0.4 is 5.73 Å². The second-order valence-electron chi connectivity index (χ2n) is 4.89. The molecule has 3 atom stereocenters. The van der Waals surface area contributed by atoms with Crippen LogP contribution in [0.15, 0.2) is 0 Å². The second-order valence-corrected chi connectivity index (χ2v) is 4.89. The molecule has 2 N–H and O–H groups in total. The maximum atomic E-state index is 11.2. The zero-order chi connectivity index (χ0) is 11.4. The van der Waals surface area contributed by atoms with Crippen LogP contribution in [0.25, 0.3) is 0 Å². The van der Waals surface area contributed by atoms with Crippen LogP contribution in [-0.2, 0) is 4.79 Å². The van der Waals surface area contributed by atoms with E-state index in [4.69, 9.17) is 5.73 Å². The first-order valence-corrected chi connectivity index (χ1v) is 6.06. The Morgan fingerprint density at radius 2 is 2.00 bits per heavy atom. The SMILES string of the molecule is CCC(CC1CN(C)CC1CC)C(N)=O. The van der Waals surface area contributed by atoms with Crippen molar-refractivity contribution in [3.63, 3.8) is 0 Å². The van der Waals surface area contributed by atoms with Crippen molar-refractivity contribution >= 4 is 5.91 Å². The highest BCUT2D eigenvalue weighted by Crippen LogP contribution is 2.31. The third kappa shape index (κ3) is 3.20. The molecule has 0 saturated carbocycles. The first-order valence-electron chi connectivity index (χ1n) is 6.06. The molecule has 1 saturated heterocycles. The van der Waals surface area contributed by atoms with Crippen molar-refractivity contribution in [2.45, 2.75) is 33.1 Å². The number of nitrogens with two attached hydrogens (primary N) is 1. The molecule has 1 fully saturated rings. The minimum Gasteiger partial charge on any atom is -0.369 e. The first-order chi connectivity index (χ1) is 7.08. The Labute approximate surface area is 93.0 Å². The van der Waals surface area contributed by atoms with E-state index in [1.165, 1.54) is 13.0 Å². The van der Waals surface area contributed by atoms with Gasteiger partial charge >= 0.3 is 0 Å². The van der Waals surface area contributed by atoms with Crippen LogP contribution in [0.5, 0.6) is 0 Å². The summed E-state index contributed by atoms with van der Waals surface area (Å²) in [7, 11) is 2.16. The van der Waals surface area contributed by atoms with Gasteiger partial charge < -0.3 is 10.6 Å². The van der Waals surface area contributed by atoms with E-state index in [0.29, 0.717) is 5.92 Å². The quantitative estimate of drug-likeness (QED) is 0.750. The molecule has 1 aliphatic rings. The average molecular weight is 212 g/mol. The zero-order valence-corrected chi connectivity index (χ0v) is 10.2. The Kier molecular flexibility index (Phi) is 4.58. The summed E-state index contributed by atoms with van der Waals surface area (Å²) in [6, 6.07) is 0. The van der Waals surface area contributed by atoms with Gasteiger partial charge in [-0.25, -0.2) is 0 Å². The van der Waals surface area contributed by atoms with E-state index < -0.39 is 0 Å². The number of likely N-dealkylation sites (tertiary alicyclic amines) is 1. The largest absolute Gasteiger partial charge is 0.369 e. The number of hydrogen-bond donors (Lipinski definition) is 1. The van der Waals surface area contributed by atoms with Crippen LogP contribution in [0, 0.1) is 17.8 Å². The Bertz CT molecular complexity index is 218. The lowest BCUT2D eigenvalue weighted by Gasteiger charge is -2.20. The van der Waals surface area contributed by atoms with Gasteiger partial charge in [0.1, 0.15) is 0 Å². The van der Waals surface area contributed by atoms with Crippen molar-refractivity contribution in [1.82, 2.24) is 4.90 Å². The Morgan fingerprint density at radius 1 is 1.40 bits per heavy atom. The average Bonchev–Trinajstić information content (AvgIpc) is 2.54. The van der Waals surface area contributed by atoms with Crippen LogP contribution >= 0.6 is 0 Å². The summed E-state index contributed by atoms with van der Waals surface area (Å²) in [5.74, 6) is 1.37. The number of carbonyl (C=O) groups is 1. The van der Waals surface area contributed by atoms with Crippen molar-refractivity contribution < 1.29 is 4.79 Å². The number of rotatable bonds is 5. The fourth-order valence-electron chi connectivity index (χ4n) is 2.75. The number of primary amides is 1. The summed E-state index contributed by atoms with van der Waals surface area (Å²) in [5.41, 5.74) is 5.39. The molecule has 0 bridgehead atoms. The van der Waals surface area contributed by atoms with Crippen molar-refractivity contribution in [1.29, 1.82) is 0 Å². The molecule has 0 aromatic carbocycles. The van der Waals surface area contributed by atoms with Crippen LogP contribution in [-0.4, -0.2) is 30.9 Å². The summed E-state index contributed by atoms with van der Waals surface area (Å²) in [4.78, 5) is 13.6. The molecular formula is C12H24N2O. The molecule has 0 spiro atoms. The Balaban J connectivity index is 2.52. The molecule has 0 aromatic rings. The third-order valence-electron chi connectivity index (χ3n) is 3.77. The highest BCUT2D eigenvalue weighted by Gasteiger charge is 2.32. The van der Waals surface area contributed by atoms with Crippen LogP contribution in [0.1, 0.15) is 33.1 Å². The van der Waals surface area contributed by atoms with Gasteiger partial charge in [-0.2, -0.15) is 0 Å². The Morgan fingerprint density at radius 3 is 2.47 bits per heavy atom. The van der Waals surface area contributed by atoms with Gasteiger partial charge in [-0.15, -0.1) is 0 Å². The predicted molar refractivity (Wildman–Crippen MR) is 62.4 cm³/mol. The standard InChI is InChI=1S/C12H24N2O/c1-4-9(12(13)15)6-11-8-14(3)7-10(11)5-2/h9-11H,4-8H2,1-3H3,(H2,13,15). The van der Waals surface area contributed by atoms with E-state index >= 15 is 0 Å². The van der Waals surface area contributed by atoms with Crippen molar-refractivity contribution in [3.05, 3.63) is 0 Å². The maximum Gasteiger partial charge on any atom is 0.220 e. The van der Waals surface area contributed by atoms with Gasteiger partial charge in [-0.3, -0.25) is 4.79 Å². The molecule has 3 unspecified atom stereocenters. The predicted octanol–water partition coefficient (Wildman–Crippen LogP) is 1.48. The van der Waals surface area contributed by atoms with E-state index in [1.807, 2.05) is 0 Å².